The molecule has 0 aliphatic rings. The molecule has 0 radical (unpaired) electrons. The molecule has 0 heterocycles. The number of nitro groups is 1. The van der Waals surface area contributed by atoms with Gasteiger partial charge in [-0.25, -0.2) is 4.39 Å². The van der Waals surface area contributed by atoms with Crippen LogP contribution in [-0.4, -0.2) is 4.92 Å². The molecule has 0 amide bonds. The van der Waals surface area contributed by atoms with Gasteiger partial charge in [-0.05, 0) is 6.07 Å². The van der Waals surface area contributed by atoms with Gasteiger partial charge in [-0.2, -0.15) is 0 Å². The van der Waals surface area contributed by atoms with E-state index >= 15 is 0 Å². The topological polar surface area (TPSA) is 43.1 Å². The molecule has 0 aliphatic heterocycles. The maximum Gasteiger partial charge on any atom is 0.269 e. The van der Waals surface area contributed by atoms with Crippen LogP contribution in [0.5, 0.6) is 0 Å². The molecule has 0 N–H and O–H groups in total. The van der Waals surface area contributed by atoms with Crippen molar-refractivity contribution in [1.82, 2.24) is 0 Å². The fourth-order valence-corrected chi connectivity index (χ4v) is 1.12. The Morgan fingerprint density at radius 3 is 2.79 bits per heavy atom. The summed E-state index contributed by atoms with van der Waals surface area (Å²) in [4.78, 5) is 9.89. The molecule has 1 aromatic rings. The first-order valence-corrected chi connectivity index (χ1v) is 4.12. The average molecular weight is 195 g/mol. The predicted octanol–water partition coefficient (Wildman–Crippen LogP) is 3.02. The fraction of sp³-hybridized carbons (Fsp3) is 0.200. The standard InChI is InChI=1S/C10H10FNO2/c1-3-7(2)9-6-8(12(13)14)4-5-10(9)11/h3-7H,1H2,2H3. The Hall–Kier alpha value is -1.71. The first-order valence-electron chi connectivity index (χ1n) is 4.12. The molecule has 0 aromatic heterocycles. The number of rotatable bonds is 3. The number of hydrogen-bond donors (Lipinski definition) is 0. The van der Waals surface area contributed by atoms with Gasteiger partial charge >= 0.3 is 0 Å². The van der Waals surface area contributed by atoms with Crippen molar-refractivity contribution in [1.29, 1.82) is 0 Å². The fourth-order valence-electron chi connectivity index (χ4n) is 1.12. The number of hydrogen-bond acceptors (Lipinski definition) is 2. The zero-order valence-electron chi connectivity index (χ0n) is 7.74. The van der Waals surface area contributed by atoms with E-state index in [0.29, 0.717) is 5.56 Å². The van der Waals surface area contributed by atoms with Crippen molar-refractivity contribution in [3.8, 4) is 0 Å². The number of benzene rings is 1. The molecule has 1 unspecified atom stereocenters. The van der Waals surface area contributed by atoms with Gasteiger partial charge < -0.3 is 0 Å². The zero-order valence-corrected chi connectivity index (χ0v) is 7.74. The highest BCUT2D eigenvalue weighted by Gasteiger charge is 2.13. The molecule has 1 atom stereocenters. The lowest BCUT2D eigenvalue weighted by Gasteiger charge is -2.06. The number of non-ortho nitro benzene ring substituents is 1. The van der Waals surface area contributed by atoms with Crippen LogP contribution < -0.4 is 0 Å². The predicted molar refractivity (Wildman–Crippen MR) is 51.7 cm³/mol. The lowest BCUT2D eigenvalue weighted by molar-refractivity contribution is -0.385. The number of nitrogens with zero attached hydrogens (tertiary/aromatic N) is 1. The van der Waals surface area contributed by atoms with Crippen LogP contribution in [0.15, 0.2) is 30.9 Å². The normalized spacial score (nSPS) is 12.1. The summed E-state index contributed by atoms with van der Waals surface area (Å²) in [5.74, 6) is -0.669. The second-order valence-electron chi connectivity index (χ2n) is 2.99. The number of halogens is 1. The Morgan fingerprint density at radius 2 is 2.29 bits per heavy atom. The molecule has 0 bridgehead atoms. The first kappa shape index (κ1) is 10.4. The summed E-state index contributed by atoms with van der Waals surface area (Å²) in [5.41, 5.74) is 0.198. The van der Waals surface area contributed by atoms with Crippen molar-refractivity contribution in [3.05, 3.63) is 52.3 Å². The number of allylic oxidation sites excluding steroid dienone is 1. The molecule has 0 aliphatic carbocycles. The van der Waals surface area contributed by atoms with Gasteiger partial charge in [-0.3, -0.25) is 10.1 Å². The van der Waals surface area contributed by atoms with E-state index in [1.807, 2.05) is 0 Å². The highest BCUT2D eigenvalue weighted by Crippen LogP contribution is 2.24. The van der Waals surface area contributed by atoms with Gasteiger partial charge in [0, 0.05) is 23.6 Å². The molecule has 1 aromatic carbocycles. The lowest BCUT2D eigenvalue weighted by atomic mass is 10.0. The second kappa shape index (κ2) is 4.00. The minimum Gasteiger partial charge on any atom is -0.258 e. The first-order chi connectivity index (χ1) is 6.56. The molecule has 1 rings (SSSR count). The molecular formula is C10H10FNO2. The quantitative estimate of drug-likeness (QED) is 0.422. The molecule has 0 saturated carbocycles. The molecule has 0 fully saturated rings. The van der Waals surface area contributed by atoms with Gasteiger partial charge in [0.15, 0.2) is 0 Å². The van der Waals surface area contributed by atoms with E-state index in [4.69, 9.17) is 0 Å². The van der Waals surface area contributed by atoms with Crippen LogP contribution in [0.3, 0.4) is 0 Å². The monoisotopic (exact) mass is 195 g/mol. The Balaban J connectivity index is 3.20. The third kappa shape index (κ3) is 1.96. The minimum absolute atomic E-state index is 0.102. The third-order valence-corrected chi connectivity index (χ3v) is 2.03. The highest BCUT2D eigenvalue weighted by atomic mass is 19.1. The van der Waals surface area contributed by atoms with E-state index in [0.717, 1.165) is 12.1 Å². The molecule has 3 nitrogen and oxygen atoms in total. The minimum atomic E-state index is -0.543. The summed E-state index contributed by atoms with van der Waals surface area (Å²) in [6.07, 6.45) is 1.54. The Bertz CT molecular complexity index is 376. The van der Waals surface area contributed by atoms with Crippen LogP contribution in [0.1, 0.15) is 18.4 Å². The van der Waals surface area contributed by atoms with E-state index in [2.05, 4.69) is 6.58 Å². The van der Waals surface area contributed by atoms with Gasteiger partial charge in [-0.1, -0.05) is 13.0 Å². The Morgan fingerprint density at radius 1 is 1.64 bits per heavy atom. The maximum absolute atomic E-state index is 13.2. The van der Waals surface area contributed by atoms with Crippen molar-refractivity contribution in [2.45, 2.75) is 12.8 Å². The zero-order chi connectivity index (χ0) is 10.7. The van der Waals surface area contributed by atoms with E-state index in [9.17, 15) is 14.5 Å². The highest BCUT2D eigenvalue weighted by molar-refractivity contribution is 5.38. The third-order valence-electron chi connectivity index (χ3n) is 2.03. The lowest BCUT2D eigenvalue weighted by Crippen LogP contribution is -1.96. The van der Waals surface area contributed by atoms with E-state index in [-0.39, 0.29) is 11.6 Å². The van der Waals surface area contributed by atoms with E-state index < -0.39 is 10.7 Å². The van der Waals surface area contributed by atoms with Crippen molar-refractivity contribution in [2.75, 3.05) is 0 Å². The van der Waals surface area contributed by atoms with Crippen molar-refractivity contribution in [2.24, 2.45) is 0 Å². The SMILES string of the molecule is C=CC(C)c1cc([N+](=O)[O-])ccc1F. The van der Waals surface area contributed by atoms with Crippen LogP contribution in [-0.2, 0) is 0 Å². The van der Waals surface area contributed by atoms with Crippen molar-refractivity contribution in [3.63, 3.8) is 0 Å². The van der Waals surface area contributed by atoms with Crippen LogP contribution in [0.2, 0.25) is 0 Å². The Kier molecular flexibility index (Phi) is 2.96. The smallest absolute Gasteiger partial charge is 0.258 e. The summed E-state index contributed by atoms with van der Waals surface area (Å²) in [7, 11) is 0. The van der Waals surface area contributed by atoms with Crippen LogP contribution >= 0.6 is 0 Å². The summed E-state index contributed by atoms with van der Waals surface area (Å²) in [6, 6.07) is 3.49. The number of nitro benzene ring substituents is 1. The average Bonchev–Trinajstić information content (AvgIpc) is 2.17. The molecule has 0 spiro atoms. The molecule has 14 heavy (non-hydrogen) atoms. The molecule has 0 saturated heterocycles. The molecular weight excluding hydrogens is 185 g/mol. The second-order valence-corrected chi connectivity index (χ2v) is 2.99. The van der Waals surface area contributed by atoms with Gasteiger partial charge in [-0.15, -0.1) is 6.58 Å². The van der Waals surface area contributed by atoms with Crippen molar-refractivity contribution >= 4 is 5.69 Å². The summed E-state index contributed by atoms with van der Waals surface area (Å²) in [5, 5.41) is 10.4. The largest absolute Gasteiger partial charge is 0.269 e. The van der Waals surface area contributed by atoms with E-state index in [1.54, 1.807) is 13.0 Å². The van der Waals surface area contributed by atoms with E-state index in [1.165, 1.54) is 6.07 Å². The summed E-state index contributed by atoms with van der Waals surface area (Å²) < 4.78 is 13.2. The Labute approximate surface area is 81.0 Å². The van der Waals surface area contributed by atoms with Crippen LogP contribution in [0, 0.1) is 15.9 Å². The van der Waals surface area contributed by atoms with Crippen LogP contribution in [0.4, 0.5) is 10.1 Å². The maximum atomic E-state index is 13.2. The van der Waals surface area contributed by atoms with Gasteiger partial charge in [0.05, 0.1) is 4.92 Å². The summed E-state index contributed by atoms with van der Waals surface area (Å²) >= 11 is 0. The van der Waals surface area contributed by atoms with Gasteiger partial charge in [0.1, 0.15) is 5.82 Å². The summed E-state index contributed by atoms with van der Waals surface area (Å²) in [6.45, 7) is 5.25. The van der Waals surface area contributed by atoms with Gasteiger partial charge in [0.2, 0.25) is 0 Å². The van der Waals surface area contributed by atoms with Gasteiger partial charge in [0.25, 0.3) is 5.69 Å². The van der Waals surface area contributed by atoms with Crippen molar-refractivity contribution < 1.29 is 9.31 Å². The molecule has 74 valence electrons. The molecule has 4 heteroatoms. The van der Waals surface area contributed by atoms with Crippen LogP contribution in [0.25, 0.3) is 0 Å².